The van der Waals surface area contributed by atoms with E-state index in [-0.39, 0.29) is 17.6 Å². The summed E-state index contributed by atoms with van der Waals surface area (Å²) in [4.78, 5) is 17.6. The minimum Gasteiger partial charge on any atom is -0.496 e. The second kappa shape index (κ2) is 8.19. The van der Waals surface area contributed by atoms with Crippen LogP contribution in [0.5, 0.6) is 5.75 Å². The lowest BCUT2D eigenvalue weighted by Crippen LogP contribution is -2.31. The molecule has 0 saturated carbocycles. The van der Waals surface area contributed by atoms with Crippen molar-refractivity contribution in [2.24, 2.45) is 0 Å². The molecule has 1 atom stereocenters. The third-order valence-corrected chi connectivity index (χ3v) is 6.47. The van der Waals surface area contributed by atoms with Crippen molar-refractivity contribution in [2.75, 3.05) is 12.4 Å². The number of halogens is 1. The van der Waals surface area contributed by atoms with E-state index in [9.17, 15) is 9.18 Å². The highest BCUT2D eigenvalue weighted by Crippen LogP contribution is 2.43. The number of anilines is 1. The van der Waals surface area contributed by atoms with Crippen molar-refractivity contribution in [3.63, 3.8) is 0 Å². The Hall–Kier alpha value is -3.13. The van der Waals surface area contributed by atoms with Gasteiger partial charge in [0.2, 0.25) is 11.1 Å². The van der Waals surface area contributed by atoms with Gasteiger partial charge in [0.25, 0.3) is 0 Å². The molecule has 1 aliphatic heterocycles. The molecule has 158 valence electrons. The standard InChI is InChI=1S/C23H21FN4O2S/c1-30-19-8-3-2-5-16(19)21-20-17(6-4-7-18(20)29)25-22-26-23(27-28(21)22)31-13-14-9-11-15(24)12-10-14/h2-3,5,8-12,21H,4,6-7,13H2,1H3,(H,25,26,27)/t21-/m0/s1. The number of aromatic nitrogens is 3. The molecule has 0 spiro atoms. The summed E-state index contributed by atoms with van der Waals surface area (Å²) in [6, 6.07) is 13.7. The highest BCUT2D eigenvalue weighted by molar-refractivity contribution is 7.98. The number of hydrogen-bond acceptors (Lipinski definition) is 6. The van der Waals surface area contributed by atoms with Crippen molar-refractivity contribution >= 4 is 23.5 Å². The van der Waals surface area contributed by atoms with E-state index >= 15 is 0 Å². The number of ether oxygens (including phenoxy) is 1. The van der Waals surface area contributed by atoms with E-state index in [1.807, 2.05) is 24.3 Å². The van der Waals surface area contributed by atoms with Gasteiger partial charge in [-0.15, -0.1) is 5.10 Å². The zero-order valence-corrected chi connectivity index (χ0v) is 17.8. The van der Waals surface area contributed by atoms with E-state index in [0.717, 1.165) is 35.2 Å². The Morgan fingerprint density at radius 2 is 2.00 bits per heavy atom. The predicted molar refractivity (Wildman–Crippen MR) is 117 cm³/mol. The molecule has 0 saturated heterocycles. The summed E-state index contributed by atoms with van der Waals surface area (Å²) in [5.41, 5.74) is 3.53. The van der Waals surface area contributed by atoms with Gasteiger partial charge in [-0.05, 0) is 36.6 Å². The van der Waals surface area contributed by atoms with Crippen LogP contribution in [-0.2, 0) is 10.5 Å². The molecule has 5 rings (SSSR count). The van der Waals surface area contributed by atoms with Gasteiger partial charge in [0.05, 0.1) is 7.11 Å². The molecular formula is C23H21FN4O2S. The molecule has 1 N–H and O–H groups in total. The molecular weight excluding hydrogens is 415 g/mol. The van der Waals surface area contributed by atoms with Crippen molar-refractivity contribution in [1.29, 1.82) is 0 Å². The number of benzene rings is 2. The van der Waals surface area contributed by atoms with Gasteiger partial charge in [-0.1, -0.05) is 42.1 Å². The van der Waals surface area contributed by atoms with Crippen LogP contribution >= 0.6 is 11.8 Å². The third kappa shape index (κ3) is 3.72. The van der Waals surface area contributed by atoms with E-state index < -0.39 is 0 Å². The second-order valence-electron chi connectivity index (χ2n) is 7.52. The second-order valence-corrected chi connectivity index (χ2v) is 8.46. The fourth-order valence-electron chi connectivity index (χ4n) is 4.11. The van der Waals surface area contributed by atoms with Crippen LogP contribution in [0.4, 0.5) is 10.3 Å². The van der Waals surface area contributed by atoms with Gasteiger partial charge < -0.3 is 10.1 Å². The Morgan fingerprint density at radius 1 is 1.19 bits per heavy atom. The average molecular weight is 437 g/mol. The van der Waals surface area contributed by atoms with Crippen LogP contribution in [0.3, 0.4) is 0 Å². The highest BCUT2D eigenvalue weighted by atomic mass is 32.2. The van der Waals surface area contributed by atoms with Gasteiger partial charge in [0, 0.05) is 29.0 Å². The van der Waals surface area contributed by atoms with Gasteiger partial charge in [-0.25, -0.2) is 9.07 Å². The molecule has 0 radical (unpaired) electrons. The number of methoxy groups -OCH3 is 1. The summed E-state index contributed by atoms with van der Waals surface area (Å²) < 4.78 is 20.5. The van der Waals surface area contributed by atoms with Crippen molar-refractivity contribution in [2.45, 2.75) is 36.2 Å². The summed E-state index contributed by atoms with van der Waals surface area (Å²) in [6.45, 7) is 0. The number of carbonyl (C=O) groups is 1. The molecule has 1 aromatic heterocycles. The van der Waals surface area contributed by atoms with Gasteiger partial charge in [0.15, 0.2) is 5.78 Å². The smallest absolute Gasteiger partial charge is 0.227 e. The van der Waals surface area contributed by atoms with Crippen molar-refractivity contribution in [3.8, 4) is 5.75 Å². The number of allylic oxidation sites excluding steroid dienone is 2. The minimum absolute atomic E-state index is 0.131. The van der Waals surface area contributed by atoms with Gasteiger partial charge in [0.1, 0.15) is 17.6 Å². The first-order valence-electron chi connectivity index (χ1n) is 10.1. The van der Waals surface area contributed by atoms with Crippen molar-refractivity contribution < 1.29 is 13.9 Å². The molecule has 8 heteroatoms. The molecule has 2 aliphatic rings. The Bertz CT molecular complexity index is 1170. The first-order chi connectivity index (χ1) is 15.1. The quantitative estimate of drug-likeness (QED) is 0.583. The molecule has 0 fully saturated rings. The van der Waals surface area contributed by atoms with Crippen molar-refractivity contribution in [3.05, 3.63) is 76.7 Å². The number of nitrogens with zero attached hydrogens (tertiary/aromatic N) is 3. The van der Waals surface area contributed by atoms with Gasteiger partial charge in [-0.3, -0.25) is 4.79 Å². The van der Waals surface area contributed by atoms with Crippen molar-refractivity contribution in [1.82, 2.24) is 14.8 Å². The fraction of sp³-hybridized carbons (Fsp3) is 0.261. The fourth-order valence-corrected chi connectivity index (χ4v) is 4.89. The molecule has 2 aromatic carbocycles. The zero-order chi connectivity index (χ0) is 21.4. The van der Waals surface area contributed by atoms with E-state index in [1.54, 1.807) is 23.9 Å². The lowest BCUT2D eigenvalue weighted by atomic mass is 9.85. The number of para-hydroxylation sites is 1. The number of thioether (sulfide) groups is 1. The van der Waals surface area contributed by atoms with Crippen LogP contribution in [0.2, 0.25) is 0 Å². The number of fused-ring (bicyclic) bond motifs is 1. The molecule has 2 heterocycles. The Morgan fingerprint density at radius 3 is 2.81 bits per heavy atom. The maximum absolute atomic E-state index is 13.2. The monoisotopic (exact) mass is 436 g/mol. The Labute approximate surface area is 183 Å². The van der Waals surface area contributed by atoms with Crippen LogP contribution in [0, 0.1) is 5.82 Å². The average Bonchev–Trinajstić information content (AvgIpc) is 3.20. The molecule has 1 aliphatic carbocycles. The number of carbonyl (C=O) groups excluding carboxylic acids is 1. The normalized spacial score (nSPS) is 17.7. The molecule has 0 bridgehead atoms. The van der Waals surface area contributed by atoms with Crippen LogP contribution in [-0.4, -0.2) is 27.7 Å². The highest BCUT2D eigenvalue weighted by Gasteiger charge is 2.38. The summed E-state index contributed by atoms with van der Waals surface area (Å²) in [7, 11) is 1.63. The lowest BCUT2D eigenvalue weighted by Gasteiger charge is -2.32. The summed E-state index contributed by atoms with van der Waals surface area (Å²) in [5.74, 6) is 1.82. The topological polar surface area (TPSA) is 69.0 Å². The number of nitrogens with one attached hydrogen (secondary N) is 1. The lowest BCUT2D eigenvalue weighted by molar-refractivity contribution is -0.116. The van der Waals surface area contributed by atoms with E-state index in [2.05, 4.69) is 10.3 Å². The Kier molecular flexibility index (Phi) is 5.23. The largest absolute Gasteiger partial charge is 0.496 e. The van der Waals surface area contributed by atoms with E-state index in [4.69, 9.17) is 9.84 Å². The Balaban J connectivity index is 1.52. The number of Topliss-reactive ketones (excluding diaryl/α,β-unsaturated/α-hetero) is 1. The predicted octanol–water partition coefficient (Wildman–Crippen LogP) is 4.74. The molecule has 0 amide bonds. The first kappa shape index (κ1) is 19.8. The number of ketones is 1. The van der Waals surface area contributed by atoms with E-state index in [0.29, 0.717) is 29.0 Å². The SMILES string of the molecule is COc1ccccc1[C@H]1C2=C(CCCC2=O)Nc2nc(SCc3ccc(F)cc3)nn21. The maximum atomic E-state index is 13.2. The van der Waals surface area contributed by atoms with Crippen LogP contribution < -0.4 is 10.1 Å². The number of hydrogen-bond donors (Lipinski definition) is 1. The van der Waals surface area contributed by atoms with Gasteiger partial charge in [-0.2, -0.15) is 4.98 Å². The third-order valence-electron chi connectivity index (χ3n) is 5.56. The molecule has 6 nitrogen and oxygen atoms in total. The molecule has 0 unspecified atom stereocenters. The first-order valence-corrected chi connectivity index (χ1v) is 11.1. The molecule has 3 aromatic rings. The van der Waals surface area contributed by atoms with Crippen LogP contribution in [0.15, 0.2) is 65.0 Å². The summed E-state index contributed by atoms with van der Waals surface area (Å²) in [6.07, 6.45) is 2.16. The maximum Gasteiger partial charge on any atom is 0.227 e. The molecule has 31 heavy (non-hydrogen) atoms. The summed E-state index contributed by atoms with van der Waals surface area (Å²) >= 11 is 1.47. The number of rotatable bonds is 5. The minimum atomic E-state index is -0.386. The zero-order valence-electron chi connectivity index (χ0n) is 17.0. The van der Waals surface area contributed by atoms with Crippen LogP contribution in [0.25, 0.3) is 0 Å². The van der Waals surface area contributed by atoms with Gasteiger partial charge >= 0.3 is 0 Å². The van der Waals surface area contributed by atoms with E-state index in [1.165, 1.54) is 23.9 Å². The summed E-state index contributed by atoms with van der Waals surface area (Å²) in [5, 5.41) is 8.67. The van der Waals surface area contributed by atoms with Crippen LogP contribution in [0.1, 0.15) is 36.4 Å².